The van der Waals surface area contributed by atoms with Crippen LogP contribution in [0, 0.1) is 5.82 Å². The molecule has 2 rings (SSSR count). The van der Waals surface area contributed by atoms with E-state index in [0.717, 1.165) is 6.07 Å². The topological polar surface area (TPSA) is 49.4 Å². The predicted octanol–water partition coefficient (Wildman–Crippen LogP) is 1.85. The number of nitrogens with zero attached hydrogens (tertiary/aromatic N) is 1. The Morgan fingerprint density at radius 2 is 2.11 bits per heavy atom. The van der Waals surface area contributed by atoms with Gasteiger partial charge >= 0.3 is 0 Å². The summed E-state index contributed by atoms with van der Waals surface area (Å²) in [7, 11) is -3.83. The molecule has 0 bridgehead atoms. The Morgan fingerprint density at radius 3 is 2.74 bits per heavy atom. The van der Waals surface area contributed by atoms with Gasteiger partial charge in [0.05, 0.1) is 0 Å². The second kappa shape index (κ2) is 5.36. The molecule has 0 radical (unpaired) electrons. The van der Waals surface area contributed by atoms with E-state index < -0.39 is 15.8 Å². The summed E-state index contributed by atoms with van der Waals surface area (Å²) in [6, 6.07) is 3.41. The fourth-order valence-electron chi connectivity index (χ4n) is 2.18. The molecule has 7 heteroatoms. The Bertz CT molecular complexity index is 579. The van der Waals surface area contributed by atoms with Crippen molar-refractivity contribution in [2.75, 3.05) is 13.1 Å². The van der Waals surface area contributed by atoms with Crippen LogP contribution in [0.5, 0.6) is 0 Å². The van der Waals surface area contributed by atoms with Gasteiger partial charge in [0.25, 0.3) is 0 Å². The molecule has 1 fully saturated rings. The molecule has 4 nitrogen and oxygen atoms in total. The Balaban J connectivity index is 2.41. The Kier molecular flexibility index (Phi) is 4.15. The molecule has 0 amide bonds. The zero-order chi connectivity index (χ0) is 14.2. The molecule has 1 aromatic carbocycles. The molecule has 0 aliphatic carbocycles. The van der Waals surface area contributed by atoms with E-state index in [9.17, 15) is 12.8 Å². The molecular formula is C12H16ClFN2O2S. The van der Waals surface area contributed by atoms with Gasteiger partial charge in [-0.3, -0.25) is 0 Å². The molecule has 0 saturated carbocycles. The van der Waals surface area contributed by atoms with Crippen LogP contribution in [0.1, 0.15) is 13.8 Å². The molecule has 1 aliphatic heterocycles. The maximum Gasteiger partial charge on any atom is 0.246 e. The van der Waals surface area contributed by atoms with E-state index in [1.54, 1.807) is 0 Å². The van der Waals surface area contributed by atoms with E-state index in [0.29, 0.717) is 13.1 Å². The number of halogens is 2. The highest BCUT2D eigenvalue weighted by atomic mass is 35.5. The summed E-state index contributed by atoms with van der Waals surface area (Å²) in [6.45, 7) is 4.60. The summed E-state index contributed by atoms with van der Waals surface area (Å²) < 4.78 is 40.1. The van der Waals surface area contributed by atoms with Crippen molar-refractivity contribution in [3.63, 3.8) is 0 Å². The van der Waals surface area contributed by atoms with Crippen LogP contribution >= 0.6 is 11.6 Å². The fraction of sp³-hybridized carbons (Fsp3) is 0.500. The zero-order valence-electron chi connectivity index (χ0n) is 10.7. The summed E-state index contributed by atoms with van der Waals surface area (Å²) in [5.74, 6) is -0.814. The summed E-state index contributed by atoms with van der Waals surface area (Å²) in [6.07, 6.45) is 0. The van der Waals surface area contributed by atoms with Crippen molar-refractivity contribution in [3.05, 3.63) is 29.0 Å². The highest BCUT2D eigenvalue weighted by Gasteiger charge is 2.35. The van der Waals surface area contributed by atoms with Crippen LogP contribution in [0.25, 0.3) is 0 Å². The lowest BCUT2D eigenvalue weighted by Gasteiger charge is -2.37. The van der Waals surface area contributed by atoms with Crippen LogP contribution < -0.4 is 5.32 Å². The highest BCUT2D eigenvalue weighted by Crippen LogP contribution is 2.25. The molecule has 19 heavy (non-hydrogen) atoms. The molecular weight excluding hydrogens is 291 g/mol. The lowest BCUT2D eigenvalue weighted by molar-refractivity contribution is 0.232. The third-order valence-corrected chi connectivity index (χ3v) is 5.71. The molecule has 2 unspecified atom stereocenters. The first-order chi connectivity index (χ1) is 8.84. The average Bonchev–Trinajstić information content (AvgIpc) is 2.31. The average molecular weight is 307 g/mol. The smallest absolute Gasteiger partial charge is 0.246 e. The van der Waals surface area contributed by atoms with Gasteiger partial charge in [0, 0.05) is 30.2 Å². The number of hydrogen-bond donors (Lipinski definition) is 1. The van der Waals surface area contributed by atoms with E-state index in [1.807, 2.05) is 13.8 Å². The fourth-order valence-corrected chi connectivity index (χ4v) is 4.08. The van der Waals surface area contributed by atoms with Gasteiger partial charge in [-0.25, -0.2) is 12.8 Å². The van der Waals surface area contributed by atoms with Crippen molar-refractivity contribution in [1.82, 2.24) is 9.62 Å². The minimum atomic E-state index is -3.83. The number of piperazine rings is 1. The van der Waals surface area contributed by atoms with Crippen molar-refractivity contribution >= 4 is 21.6 Å². The number of rotatable bonds is 2. The van der Waals surface area contributed by atoms with Crippen LogP contribution in [0.2, 0.25) is 5.02 Å². The zero-order valence-corrected chi connectivity index (χ0v) is 12.3. The lowest BCUT2D eigenvalue weighted by Crippen LogP contribution is -2.57. The Hall–Kier alpha value is -0.690. The monoisotopic (exact) mass is 306 g/mol. The number of nitrogens with one attached hydrogen (secondary N) is 1. The molecule has 0 aromatic heterocycles. The van der Waals surface area contributed by atoms with Crippen molar-refractivity contribution in [1.29, 1.82) is 0 Å². The summed E-state index contributed by atoms with van der Waals surface area (Å²) in [5.41, 5.74) is 0. The van der Waals surface area contributed by atoms with Gasteiger partial charge in [0.15, 0.2) is 0 Å². The first kappa shape index (κ1) is 14.7. The van der Waals surface area contributed by atoms with Crippen molar-refractivity contribution in [2.45, 2.75) is 30.8 Å². The molecule has 2 atom stereocenters. The maximum absolute atomic E-state index is 13.8. The van der Waals surface area contributed by atoms with Crippen molar-refractivity contribution < 1.29 is 12.8 Å². The minimum absolute atomic E-state index is 0.0267. The second-order valence-corrected chi connectivity index (χ2v) is 6.97. The standard InChI is InChI=1S/C12H16ClFN2O2S/c1-8-9(2)16(6-5-15-8)19(17,18)12-4-3-10(13)7-11(12)14/h3-4,7-9,15H,5-6H2,1-2H3. The molecule has 1 N–H and O–H groups in total. The van der Waals surface area contributed by atoms with Gasteiger partial charge in [0.2, 0.25) is 10.0 Å². The molecule has 0 spiro atoms. The molecule has 1 aliphatic rings. The molecule has 1 heterocycles. The SMILES string of the molecule is CC1NCCN(S(=O)(=O)c2ccc(Cl)cc2F)C1C. The van der Waals surface area contributed by atoms with Crippen LogP contribution in [0.15, 0.2) is 23.1 Å². The van der Waals surface area contributed by atoms with Crippen LogP contribution in [0.3, 0.4) is 0 Å². The van der Waals surface area contributed by atoms with E-state index >= 15 is 0 Å². The first-order valence-electron chi connectivity index (χ1n) is 6.04. The van der Waals surface area contributed by atoms with E-state index in [-0.39, 0.29) is 22.0 Å². The van der Waals surface area contributed by atoms with E-state index in [2.05, 4.69) is 5.32 Å². The molecule has 1 saturated heterocycles. The largest absolute Gasteiger partial charge is 0.311 e. The summed E-state index contributed by atoms with van der Waals surface area (Å²) in [4.78, 5) is -0.321. The third kappa shape index (κ3) is 2.76. The molecule has 1 aromatic rings. The Labute approximate surface area is 117 Å². The minimum Gasteiger partial charge on any atom is -0.311 e. The van der Waals surface area contributed by atoms with Crippen LogP contribution in [0.4, 0.5) is 4.39 Å². The normalized spacial score (nSPS) is 25.5. The maximum atomic E-state index is 13.8. The van der Waals surface area contributed by atoms with E-state index in [4.69, 9.17) is 11.6 Å². The number of sulfonamides is 1. The van der Waals surface area contributed by atoms with Gasteiger partial charge < -0.3 is 5.32 Å². The third-order valence-electron chi connectivity index (χ3n) is 3.46. The Morgan fingerprint density at radius 1 is 1.42 bits per heavy atom. The van der Waals surface area contributed by atoms with Gasteiger partial charge in [-0.1, -0.05) is 11.6 Å². The van der Waals surface area contributed by atoms with Crippen LogP contribution in [-0.4, -0.2) is 37.9 Å². The number of hydrogen-bond acceptors (Lipinski definition) is 3. The first-order valence-corrected chi connectivity index (χ1v) is 7.86. The lowest BCUT2D eigenvalue weighted by atomic mass is 10.1. The van der Waals surface area contributed by atoms with Gasteiger partial charge in [-0.15, -0.1) is 0 Å². The highest BCUT2D eigenvalue weighted by molar-refractivity contribution is 7.89. The van der Waals surface area contributed by atoms with E-state index in [1.165, 1.54) is 16.4 Å². The predicted molar refractivity (Wildman–Crippen MR) is 72.2 cm³/mol. The van der Waals surface area contributed by atoms with Crippen LogP contribution in [-0.2, 0) is 10.0 Å². The van der Waals surface area contributed by atoms with Gasteiger partial charge in [-0.05, 0) is 32.0 Å². The van der Waals surface area contributed by atoms with Crippen molar-refractivity contribution in [2.24, 2.45) is 0 Å². The van der Waals surface area contributed by atoms with Gasteiger partial charge in [-0.2, -0.15) is 4.31 Å². The number of benzene rings is 1. The molecule has 106 valence electrons. The summed E-state index contributed by atoms with van der Waals surface area (Å²) >= 11 is 5.65. The van der Waals surface area contributed by atoms with Crippen molar-refractivity contribution in [3.8, 4) is 0 Å². The summed E-state index contributed by atoms with van der Waals surface area (Å²) in [5, 5.41) is 3.37. The van der Waals surface area contributed by atoms with Gasteiger partial charge in [0.1, 0.15) is 10.7 Å². The second-order valence-electron chi connectivity index (χ2n) is 4.67. The quantitative estimate of drug-likeness (QED) is 0.907.